The van der Waals surface area contributed by atoms with Gasteiger partial charge in [0.25, 0.3) is 5.92 Å². The zero-order valence-corrected chi connectivity index (χ0v) is 33.0. The van der Waals surface area contributed by atoms with E-state index in [9.17, 15) is 40.3 Å². The Bertz CT molecular complexity index is 2710. The number of benzene rings is 2. The maximum absolute atomic E-state index is 15.4. The Morgan fingerprint density at radius 3 is 2.40 bits per heavy atom. The number of rotatable bonds is 9. The zero-order valence-electron chi connectivity index (χ0n) is 32.2. The Morgan fingerprint density at radius 2 is 1.73 bits per heavy atom. The Hall–Kier alpha value is -5.52. The highest BCUT2D eigenvalue weighted by molar-refractivity contribution is 7.92. The number of likely N-dealkylation sites (tertiary alicyclic amines) is 1. The van der Waals surface area contributed by atoms with Gasteiger partial charge in [-0.15, -0.1) is 0 Å². The SMILES string of the molecule is CN1CCC(O)(C#Cc2ccc(-c3cccc4c(NS(C)(=O)=O)nn(C)c34)c([C@H](Cc3cc(F)cc(F)c3)NC(=O)Cn3nc(C(F)(F)F)c4c3C(F)(F)[C@@H]3C[C@H]43)n2)CC1. The van der Waals surface area contributed by atoms with E-state index in [1.165, 1.54) is 10.7 Å². The van der Waals surface area contributed by atoms with Gasteiger partial charge in [-0.3, -0.25) is 18.9 Å². The second-order valence-corrected chi connectivity index (χ2v) is 17.5. The Labute approximate surface area is 338 Å². The first-order chi connectivity index (χ1) is 28.1. The van der Waals surface area contributed by atoms with E-state index in [4.69, 9.17) is 4.98 Å². The van der Waals surface area contributed by atoms with Crippen molar-refractivity contribution in [2.75, 3.05) is 31.1 Å². The molecule has 3 atom stereocenters. The molecular weight excluding hydrogens is 822 g/mol. The summed E-state index contributed by atoms with van der Waals surface area (Å²) in [7, 11) is -0.322. The van der Waals surface area contributed by atoms with Crippen LogP contribution in [-0.2, 0) is 46.9 Å². The van der Waals surface area contributed by atoms with Gasteiger partial charge >= 0.3 is 6.18 Å². The fourth-order valence-electron chi connectivity index (χ4n) is 8.29. The Morgan fingerprint density at radius 1 is 1.03 bits per heavy atom. The molecule has 5 aromatic rings. The standard InChI is InChI=1S/C40H37F7N8O4S/c1-53-13-11-38(57,12-14-53)10-9-24-7-8-25(26-5-4-6-27-34(26)54(2)51-37(27)52-60(3,58)59)33(48-24)30(17-21-15-22(41)18-23(42)16-21)49-31(56)20-55-36-32(35(50-55)40(45,46)47)28-19-29(28)39(36,43)44/h4-8,15-16,18,28-30,57H,11-14,17,19-20H2,1-3H3,(H,49,56)(H,51,52)/t28-,29+,30-/m0/s1. The van der Waals surface area contributed by atoms with Gasteiger partial charge < -0.3 is 15.3 Å². The maximum Gasteiger partial charge on any atom is 0.435 e. The van der Waals surface area contributed by atoms with Crippen molar-refractivity contribution in [3.05, 3.63) is 94.1 Å². The number of anilines is 1. The van der Waals surface area contributed by atoms with Crippen molar-refractivity contribution in [2.45, 2.75) is 61.9 Å². The lowest BCUT2D eigenvalue weighted by Gasteiger charge is -2.32. The van der Waals surface area contributed by atoms with Crippen LogP contribution < -0.4 is 10.0 Å². The van der Waals surface area contributed by atoms with Gasteiger partial charge in [0, 0.05) is 67.0 Å². The largest absolute Gasteiger partial charge is 0.435 e. The summed E-state index contributed by atoms with van der Waals surface area (Å²) in [5.41, 5.74) is -3.26. The van der Waals surface area contributed by atoms with Crippen molar-refractivity contribution in [1.29, 1.82) is 0 Å². The number of amides is 1. The zero-order chi connectivity index (χ0) is 43.1. The minimum absolute atomic E-state index is 0.000255. The molecule has 3 aromatic heterocycles. The molecule has 0 radical (unpaired) electrons. The number of hydrogen-bond acceptors (Lipinski definition) is 8. The maximum atomic E-state index is 15.4. The molecule has 2 aromatic carbocycles. The summed E-state index contributed by atoms with van der Waals surface area (Å²) in [6, 6.07) is 9.29. The number of carbonyl (C=O) groups excluding carboxylic acids is 1. The van der Waals surface area contributed by atoms with Gasteiger partial charge in [0.2, 0.25) is 15.9 Å². The summed E-state index contributed by atoms with van der Waals surface area (Å²) in [5, 5.41) is 22.1. The number of piperidine rings is 1. The molecule has 3 N–H and O–H groups in total. The molecule has 0 bridgehead atoms. The van der Waals surface area contributed by atoms with Crippen LogP contribution in [0, 0.1) is 29.4 Å². The number of nitrogens with one attached hydrogen (secondary N) is 2. The van der Waals surface area contributed by atoms with E-state index in [0.717, 1.165) is 18.4 Å². The number of sulfonamides is 1. The number of hydrogen-bond donors (Lipinski definition) is 3. The van der Waals surface area contributed by atoms with E-state index in [-0.39, 0.29) is 41.2 Å². The van der Waals surface area contributed by atoms with Crippen molar-refractivity contribution in [2.24, 2.45) is 13.0 Å². The quantitative estimate of drug-likeness (QED) is 0.128. The highest BCUT2D eigenvalue weighted by atomic mass is 32.2. The third-order valence-corrected chi connectivity index (χ3v) is 11.7. The topological polar surface area (TPSA) is 147 Å². The lowest BCUT2D eigenvalue weighted by Crippen LogP contribution is -2.41. The third kappa shape index (κ3) is 7.92. The monoisotopic (exact) mass is 858 g/mol. The van der Waals surface area contributed by atoms with Gasteiger partial charge in [-0.25, -0.2) is 22.2 Å². The number of para-hydroxylation sites is 1. The molecule has 1 saturated carbocycles. The molecule has 0 unspecified atom stereocenters. The summed E-state index contributed by atoms with van der Waals surface area (Å²) >= 11 is 0. The van der Waals surface area contributed by atoms with Crippen molar-refractivity contribution in [3.8, 4) is 23.0 Å². The van der Waals surface area contributed by atoms with Crippen LogP contribution in [0.3, 0.4) is 0 Å². The van der Waals surface area contributed by atoms with Gasteiger partial charge in [-0.1, -0.05) is 18.1 Å². The summed E-state index contributed by atoms with van der Waals surface area (Å²) in [6.07, 6.45) is -3.97. The second kappa shape index (κ2) is 14.6. The lowest BCUT2D eigenvalue weighted by atomic mass is 9.92. The smallest absolute Gasteiger partial charge is 0.377 e. The predicted molar refractivity (Wildman–Crippen MR) is 204 cm³/mol. The Balaban J connectivity index is 1.26. The lowest BCUT2D eigenvalue weighted by molar-refractivity contribution is -0.142. The van der Waals surface area contributed by atoms with Crippen LogP contribution >= 0.6 is 0 Å². The highest BCUT2D eigenvalue weighted by Crippen LogP contribution is 2.68. The van der Waals surface area contributed by atoms with Crippen LogP contribution in [0.1, 0.15) is 65.1 Å². The number of aryl methyl sites for hydroxylation is 1. The molecule has 3 aliphatic rings. The van der Waals surface area contributed by atoms with E-state index in [2.05, 4.69) is 32.1 Å². The Kier molecular flexibility index (Phi) is 10.0. The van der Waals surface area contributed by atoms with Gasteiger partial charge in [0.05, 0.1) is 23.5 Å². The first kappa shape index (κ1) is 41.2. The molecule has 2 fully saturated rings. The van der Waals surface area contributed by atoms with Crippen molar-refractivity contribution < 1.29 is 49.1 Å². The van der Waals surface area contributed by atoms with E-state index < -0.39 is 86.6 Å². The van der Waals surface area contributed by atoms with E-state index in [0.29, 0.717) is 53.1 Å². The van der Waals surface area contributed by atoms with E-state index in [1.54, 1.807) is 31.3 Å². The van der Waals surface area contributed by atoms with E-state index in [1.807, 2.05) is 11.9 Å². The van der Waals surface area contributed by atoms with Crippen LogP contribution in [0.25, 0.3) is 22.0 Å². The third-order valence-electron chi connectivity index (χ3n) is 11.1. The van der Waals surface area contributed by atoms with Gasteiger partial charge in [-0.2, -0.15) is 32.1 Å². The molecule has 2 aliphatic carbocycles. The molecule has 0 spiro atoms. The predicted octanol–water partition coefficient (Wildman–Crippen LogP) is 5.62. The number of alkyl halides is 5. The van der Waals surface area contributed by atoms with Crippen molar-refractivity contribution in [3.63, 3.8) is 0 Å². The summed E-state index contributed by atoms with van der Waals surface area (Å²) < 4.78 is 131. The number of pyridine rings is 1. The minimum atomic E-state index is -5.08. The molecular formula is C40H37F7N8O4S. The first-order valence-electron chi connectivity index (χ1n) is 18.8. The van der Waals surface area contributed by atoms with Crippen molar-refractivity contribution >= 4 is 32.7 Å². The number of aromatic nitrogens is 5. The highest BCUT2D eigenvalue weighted by Gasteiger charge is 2.68. The van der Waals surface area contributed by atoms with Crippen LogP contribution in [0.4, 0.5) is 36.6 Å². The van der Waals surface area contributed by atoms with Gasteiger partial charge in [0.1, 0.15) is 35.2 Å². The average Bonchev–Trinajstić information content (AvgIpc) is 3.70. The number of fused-ring (bicyclic) bond motifs is 4. The fourth-order valence-corrected chi connectivity index (χ4v) is 8.79. The van der Waals surface area contributed by atoms with Crippen LogP contribution in [0.2, 0.25) is 0 Å². The summed E-state index contributed by atoms with van der Waals surface area (Å²) in [4.78, 5) is 20.8. The summed E-state index contributed by atoms with van der Waals surface area (Å²) in [5.74, 6) is -3.26. The number of halogens is 7. The van der Waals surface area contributed by atoms with Gasteiger partial charge in [-0.05, 0) is 67.6 Å². The fraction of sp³-hybridized carbons (Fsp3) is 0.400. The molecule has 4 heterocycles. The molecule has 60 heavy (non-hydrogen) atoms. The molecule has 8 rings (SSSR count). The minimum Gasteiger partial charge on any atom is -0.377 e. The average molecular weight is 859 g/mol. The van der Waals surface area contributed by atoms with Gasteiger partial charge in [0.15, 0.2) is 11.5 Å². The number of nitrogens with zero attached hydrogens (tertiary/aromatic N) is 6. The molecule has 1 amide bonds. The van der Waals surface area contributed by atoms with E-state index >= 15 is 8.78 Å². The molecule has 1 saturated heterocycles. The number of aliphatic hydroxyl groups is 1. The van der Waals surface area contributed by atoms with Crippen LogP contribution in [0.15, 0.2) is 48.5 Å². The molecule has 20 heteroatoms. The van der Waals surface area contributed by atoms with Crippen LogP contribution in [-0.4, -0.2) is 80.9 Å². The first-order valence-corrected chi connectivity index (χ1v) is 20.7. The second-order valence-electron chi connectivity index (χ2n) is 15.7. The number of carbonyl (C=O) groups is 1. The van der Waals surface area contributed by atoms with Crippen LogP contribution in [0.5, 0.6) is 0 Å². The summed E-state index contributed by atoms with van der Waals surface area (Å²) in [6.45, 7) is 0.0713. The van der Waals surface area contributed by atoms with Crippen molar-refractivity contribution in [1.82, 2.24) is 34.8 Å². The molecule has 1 aliphatic heterocycles. The molecule has 316 valence electrons. The molecule has 12 nitrogen and oxygen atoms in total. The normalized spacial score (nSPS) is 19.9.